The zero-order valence-electron chi connectivity index (χ0n) is 7.78. The van der Waals surface area contributed by atoms with Crippen molar-refractivity contribution in [2.24, 2.45) is 0 Å². The molecule has 0 aromatic heterocycles. The van der Waals surface area contributed by atoms with Crippen molar-refractivity contribution < 1.29 is 0 Å². The van der Waals surface area contributed by atoms with Gasteiger partial charge >= 0.3 is 0 Å². The summed E-state index contributed by atoms with van der Waals surface area (Å²) in [6, 6.07) is 0. The predicted molar refractivity (Wildman–Crippen MR) is 114 cm³/mol. The van der Waals surface area contributed by atoms with Crippen LogP contribution in [0.1, 0.15) is 5.56 Å². The molecule has 0 saturated heterocycles. The van der Waals surface area contributed by atoms with Gasteiger partial charge in [-0.25, -0.2) is 0 Å². The van der Waals surface area contributed by atoms with Crippen LogP contribution in [0.5, 0.6) is 0 Å². The van der Waals surface area contributed by atoms with Crippen molar-refractivity contribution in [3.63, 3.8) is 0 Å². The van der Waals surface area contributed by atoms with Gasteiger partial charge in [-0.15, -0.1) is 0 Å². The van der Waals surface area contributed by atoms with Crippen LogP contribution in [0, 0.1) is 0 Å². The highest BCUT2D eigenvalue weighted by atomic mass is 80.0. The molecule has 18 heavy (non-hydrogen) atoms. The molecule has 10 heteroatoms. The summed E-state index contributed by atoms with van der Waals surface area (Å²) in [6.45, 7) is 0. The standard InChI is InChI=1S/C8Br10/c9-2-1(7(14,15)8(16,17)18)3(10)5(12)6(13)4(2)11. The Kier molecular flexibility index (Phi) is 8.11. The second-order valence-corrected chi connectivity index (χ2v) is 17.2. The van der Waals surface area contributed by atoms with Gasteiger partial charge in [0.15, 0.2) is 2.14 Å². The van der Waals surface area contributed by atoms with Crippen LogP contribution in [0.4, 0.5) is 0 Å². The summed E-state index contributed by atoms with van der Waals surface area (Å²) in [6.07, 6.45) is 0. The van der Waals surface area contributed by atoms with Gasteiger partial charge in [0.1, 0.15) is 3.23 Å². The molecular formula is C8Br10. The van der Waals surface area contributed by atoms with Gasteiger partial charge in [-0.3, -0.25) is 0 Å². The van der Waals surface area contributed by atoms with Crippen LogP contribution in [-0.4, -0.2) is 2.14 Å². The van der Waals surface area contributed by atoms with E-state index < -0.39 is 5.38 Å². The molecule has 0 spiro atoms. The number of benzene rings is 1. The first kappa shape index (κ1) is 20.1. The Balaban J connectivity index is 3.72. The fourth-order valence-corrected chi connectivity index (χ4v) is 7.12. The van der Waals surface area contributed by atoms with E-state index in [1.165, 1.54) is 0 Å². The SMILES string of the molecule is Brc1c(Br)c(Br)c(C(Br)(Br)C(Br)(Br)Br)c(Br)c1Br. The fraction of sp³-hybridized carbons (Fsp3) is 0.250. The maximum Gasteiger partial charge on any atom is 0.164 e. The lowest BCUT2D eigenvalue weighted by molar-refractivity contribution is 0.994. The summed E-state index contributed by atoms with van der Waals surface area (Å²) in [7, 11) is 0. The zero-order chi connectivity index (χ0) is 14.5. The maximum absolute atomic E-state index is 3.66. The quantitative estimate of drug-likeness (QED) is 0.150. The molecule has 0 unspecified atom stereocenters. The highest BCUT2D eigenvalue weighted by Crippen LogP contribution is 2.63. The summed E-state index contributed by atoms with van der Waals surface area (Å²) >= 11 is 35.7. The van der Waals surface area contributed by atoms with Crippen LogP contribution in [0.15, 0.2) is 22.4 Å². The van der Waals surface area contributed by atoms with E-state index in [1.54, 1.807) is 0 Å². The predicted octanol–water partition coefficient (Wildman–Crippen LogP) is 9.28. The number of hydrogen-bond acceptors (Lipinski definition) is 0. The van der Waals surface area contributed by atoms with Gasteiger partial charge in [-0.1, -0.05) is 79.6 Å². The van der Waals surface area contributed by atoms with E-state index in [0.29, 0.717) is 0 Å². The molecule has 0 aliphatic heterocycles. The largest absolute Gasteiger partial charge is 0.164 e. The Bertz CT molecular complexity index is 457. The summed E-state index contributed by atoms with van der Waals surface area (Å²) in [5.41, 5.74) is 0.954. The third-order valence-corrected chi connectivity index (χ3v) is 14.9. The topological polar surface area (TPSA) is 0 Å². The second kappa shape index (κ2) is 7.28. The first-order valence-electron chi connectivity index (χ1n) is 3.89. The number of halogens is 10. The van der Waals surface area contributed by atoms with Gasteiger partial charge in [0.25, 0.3) is 0 Å². The van der Waals surface area contributed by atoms with E-state index in [4.69, 9.17) is 0 Å². The molecule has 0 bridgehead atoms. The highest BCUT2D eigenvalue weighted by molar-refractivity contribution is 9.41. The van der Waals surface area contributed by atoms with E-state index >= 15 is 0 Å². The molecule has 1 aromatic carbocycles. The molecule has 0 saturated carbocycles. The Morgan fingerprint density at radius 3 is 1.06 bits per heavy atom. The second-order valence-electron chi connectivity index (χ2n) is 3.02. The Morgan fingerprint density at radius 2 is 0.778 bits per heavy atom. The molecule has 0 heterocycles. The third kappa shape index (κ3) is 3.91. The maximum atomic E-state index is 3.66. The van der Waals surface area contributed by atoms with E-state index in [2.05, 4.69) is 159 Å². The smallest absolute Gasteiger partial charge is 0.0638 e. The van der Waals surface area contributed by atoms with Crippen molar-refractivity contribution in [2.75, 3.05) is 0 Å². The molecule has 1 rings (SSSR count). The summed E-state index contributed by atoms with van der Waals surface area (Å²) in [4.78, 5) is 0. The molecule has 0 amide bonds. The summed E-state index contributed by atoms with van der Waals surface area (Å²) < 4.78 is 3.35. The van der Waals surface area contributed by atoms with E-state index in [9.17, 15) is 0 Å². The first-order valence-corrected chi connectivity index (χ1v) is 11.8. The minimum Gasteiger partial charge on any atom is -0.0638 e. The summed E-state index contributed by atoms with van der Waals surface area (Å²) in [5, 5.41) is 0. The molecule has 0 nitrogen and oxygen atoms in total. The minimum absolute atomic E-state index is 0.586. The number of hydrogen-bond donors (Lipinski definition) is 0. The van der Waals surface area contributed by atoms with Crippen molar-refractivity contribution in [1.82, 2.24) is 0 Å². The van der Waals surface area contributed by atoms with Crippen LogP contribution < -0.4 is 0 Å². The lowest BCUT2D eigenvalue weighted by atomic mass is 10.2. The minimum atomic E-state index is -0.615. The van der Waals surface area contributed by atoms with Crippen LogP contribution >= 0.6 is 159 Å². The van der Waals surface area contributed by atoms with Gasteiger partial charge in [-0.2, -0.15) is 0 Å². The van der Waals surface area contributed by atoms with Gasteiger partial charge in [-0.05, 0) is 79.6 Å². The van der Waals surface area contributed by atoms with Crippen LogP contribution in [0.3, 0.4) is 0 Å². The lowest BCUT2D eigenvalue weighted by Gasteiger charge is -2.32. The highest BCUT2D eigenvalue weighted by Gasteiger charge is 2.47. The molecule has 0 radical (unpaired) electrons. The fourth-order valence-electron chi connectivity index (χ4n) is 1.02. The Morgan fingerprint density at radius 1 is 0.500 bits per heavy atom. The lowest BCUT2D eigenvalue weighted by Crippen LogP contribution is -2.27. The van der Waals surface area contributed by atoms with E-state index in [0.717, 1.165) is 27.9 Å². The van der Waals surface area contributed by atoms with Gasteiger partial charge < -0.3 is 0 Å². The van der Waals surface area contributed by atoms with Crippen LogP contribution in [0.25, 0.3) is 0 Å². The van der Waals surface area contributed by atoms with Gasteiger partial charge in [0.2, 0.25) is 0 Å². The summed E-state index contributed by atoms with van der Waals surface area (Å²) in [5.74, 6) is 0. The molecular weight excluding hydrogens is 895 g/mol. The number of rotatable bonds is 1. The first-order chi connectivity index (χ1) is 7.93. The molecule has 0 fully saturated rings. The van der Waals surface area contributed by atoms with Crippen molar-refractivity contribution in [2.45, 2.75) is 5.38 Å². The molecule has 102 valence electrons. The monoisotopic (exact) mass is 885 g/mol. The molecule has 1 aromatic rings. The van der Waals surface area contributed by atoms with Crippen LogP contribution in [0.2, 0.25) is 0 Å². The van der Waals surface area contributed by atoms with Gasteiger partial charge in [0, 0.05) is 27.9 Å². The normalized spacial score (nSPS) is 13.0. The van der Waals surface area contributed by atoms with E-state index in [-0.39, 0.29) is 0 Å². The van der Waals surface area contributed by atoms with Crippen molar-refractivity contribution >= 4 is 159 Å². The van der Waals surface area contributed by atoms with Crippen molar-refractivity contribution in [3.8, 4) is 0 Å². The average Bonchev–Trinajstić information content (AvgIpc) is 2.22. The Hall–Kier alpha value is 4.02. The molecule has 0 N–H and O–H groups in total. The van der Waals surface area contributed by atoms with Crippen molar-refractivity contribution in [1.29, 1.82) is 0 Å². The molecule has 0 atom stereocenters. The van der Waals surface area contributed by atoms with Crippen molar-refractivity contribution in [3.05, 3.63) is 27.9 Å². The van der Waals surface area contributed by atoms with Crippen LogP contribution in [-0.2, 0) is 3.23 Å². The third-order valence-electron chi connectivity index (χ3n) is 1.88. The van der Waals surface area contributed by atoms with E-state index in [1.807, 2.05) is 0 Å². The number of alkyl halides is 5. The molecule has 0 aliphatic carbocycles. The molecule has 0 aliphatic rings. The average molecular weight is 895 g/mol. The Labute approximate surface area is 189 Å². The zero-order valence-corrected chi connectivity index (χ0v) is 23.6. The van der Waals surface area contributed by atoms with Gasteiger partial charge in [0.05, 0.1) is 0 Å².